The van der Waals surface area contributed by atoms with Gasteiger partial charge in [-0.1, -0.05) is 30.3 Å². The Hall–Kier alpha value is -2.13. The highest BCUT2D eigenvalue weighted by molar-refractivity contribution is 5.77. The van der Waals surface area contributed by atoms with E-state index in [1.807, 2.05) is 18.2 Å². The monoisotopic (exact) mass is 416 g/mol. The molecule has 2 saturated heterocycles. The third-order valence-electron chi connectivity index (χ3n) is 5.22. The van der Waals surface area contributed by atoms with Gasteiger partial charge >= 0.3 is 12.1 Å². The zero-order valence-corrected chi connectivity index (χ0v) is 16.6. The highest BCUT2D eigenvalue weighted by Gasteiger charge is 2.51. The van der Waals surface area contributed by atoms with Crippen molar-refractivity contribution in [2.24, 2.45) is 11.3 Å². The van der Waals surface area contributed by atoms with Crippen molar-refractivity contribution in [3.8, 4) is 0 Å². The van der Waals surface area contributed by atoms with E-state index in [4.69, 9.17) is 14.6 Å². The maximum atomic E-state index is 12.5. The van der Waals surface area contributed by atoms with Crippen LogP contribution in [0.4, 0.5) is 13.2 Å². The summed E-state index contributed by atoms with van der Waals surface area (Å²) in [5.74, 6) is -1.97. The van der Waals surface area contributed by atoms with Gasteiger partial charge in [0, 0.05) is 37.4 Å². The van der Waals surface area contributed by atoms with Crippen LogP contribution in [0.2, 0.25) is 0 Å². The Bertz CT molecular complexity index is 697. The van der Waals surface area contributed by atoms with E-state index >= 15 is 0 Å². The number of carboxylic acid groups (broad SMARTS) is 1. The molecule has 2 aliphatic heterocycles. The molecule has 0 saturated carbocycles. The molecule has 0 bridgehead atoms. The molecule has 1 amide bonds. The number of rotatable bonds is 5. The molecule has 29 heavy (non-hydrogen) atoms. The Balaban J connectivity index is 0.000000370. The molecule has 0 spiro atoms. The van der Waals surface area contributed by atoms with Gasteiger partial charge in [-0.05, 0) is 26.1 Å². The number of carbonyl (C=O) groups excluding carboxylic acids is 1. The lowest BCUT2D eigenvalue weighted by atomic mass is 9.81. The third-order valence-corrected chi connectivity index (χ3v) is 5.22. The van der Waals surface area contributed by atoms with E-state index in [1.165, 1.54) is 5.56 Å². The van der Waals surface area contributed by atoms with Crippen molar-refractivity contribution >= 4 is 11.9 Å². The lowest BCUT2D eigenvalue weighted by Crippen LogP contribution is -2.41. The summed E-state index contributed by atoms with van der Waals surface area (Å²) in [5.41, 5.74) is 1.38. The van der Waals surface area contributed by atoms with Gasteiger partial charge in [0.05, 0.1) is 13.2 Å². The number of amides is 1. The number of aliphatic carboxylic acids is 1. The molecule has 2 aliphatic rings. The Labute approximate surface area is 168 Å². The number of hydrogen-bond donors (Lipinski definition) is 1. The van der Waals surface area contributed by atoms with Crippen molar-refractivity contribution in [2.75, 3.05) is 46.9 Å². The molecule has 0 radical (unpaired) electrons. The highest BCUT2D eigenvalue weighted by Crippen LogP contribution is 2.41. The normalized spacial score (nSPS) is 23.5. The molecule has 1 aromatic rings. The number of benzene rings is 1. The van der Waals surface area contributed by atoms with E-state index in [2.05, 4.69) is 36.0 Å². The molecule has 0 unspecified atom stereocenters. The van der Waals surface area contributed by atoms with E-state index in [9.17, 15) is 18.0 Å². The molecule has 2 atom stereocenters. The maximum absolute atomic E-state index is 12.5. The molecule has 3 rings (SSSR count). The van der Waals surface area contributed by atoms with Crippen LogP contribution in [0.1, 0.15) is 12.0 Å². The SMILES string of the molecule is CN(C)C[C@]12COC[C@H]1CN(C(=O)CCc1ccccc1)C2.O=C(O)C(F)(F)F. The number of alkyl halides is 3. The Morgan fingerprint density at radius 2 is 1.90 bits per heavy atom. The summed E-state index contributed by atoms with van der Waals surface area (Å²) in [5, 5.41) is 7.12. The molecule has 162 valence electrons. The largest absolute Gasteiger partial charge is 0.490 e. The molecule has 2 heterocycles. The van der Waals surface area contributed by atoms with Crippen molar-refractivity contribution < 1.29 is 32.6 Å². The van der Waals surface area contributed by atoms with Crippen molar-refractivity contribution in [2.45, 2.75) is 19.0 Å². The van der Waals surface area contributed by atoms with Gasteiger partial charge in [-0.25, -0.2) is 4.79 Å². The van der Waals surface area contributed by atoms with Crippen LogP contribution in [0.5, 0.6) is 0 Å². The minimum atomic E-state index is -5.08. The first-order valence-electron chi connectivity index (χ1n) is 9.38. The lowest BCUT2D eigenvalue weighted by molar-refractivity contribution is -0.192. The number of hydrogen-bond acceptors (Lipinski definition) is 4. The van der Waals surface area contributed by atoms with Crippen LogP contribution < -0.4 is 0 Å². The number of aryl methyl sites for hydroxylation is 1. The Kier molecular flexibility index (Phi) is 7.65. The van der Waals surface area contributed by atoms with Gasteiger partial charge in [-0.15, -0.1) is 0 Å². The molecule has 2 fully saturated rings. The van der Waals surface area contributed by atoms with Crippen molar-refractivity contribution in [3.05, 3.63) is 35.9 Å². The standard InChI is InChI=1S/C18H26N2O2.C2HF3O2/c1-19(2)12-18-13-20(10-16(18)11-22-14-18)17(21)9-8-15-6-4-3-5-7-15;3-2(4,5)1(6)7/h3-7,16H,8-14H2,1-2H3;(H,6,7)/t16-,18+;/m1./s1. The third kappa shape index (κ3) is 6.43. The summed E-state index contributed by atoms with van der Waals surface area (Å²) in [4.78, 5) is 25.7. The van der Waals surface area contributed by atoms with Crippen molar-refractivity contribution in [3.63, 3.8) is 0 Å². The van der Waals surface area contributed by atoms with E-state index in [0.29, 0.717) is 12.3 Å². The smallest absolute Gasteiger partial charge is 0.475 e. The number of likely N-dealkylation sites (tertiary alicyclic amines) is 1. The molecular weight excluding hydrogens is 389 g/mol. The summed E-state index contributed by atoms with van der Waals surface area (Å²) >= 11 is 0. The van der Waals surface area contributed by atoms with E-state index in [1.54, 1.807) is 0 Å². The summed E-state index contributed by atoms with van der Waals surface area (Å²) in [6, 6.07) is 10.3. The fraction of sp³-hybridized carbons (Fsp3) is 0.600. The van der Waals surface area contributed by atoms with Gasteiger partial charge in [-0.3, -0.25) is 4.79 Å². The number of carbonyl (C=O) groups is 2. The zero-order valence-electron chi connectivity index (χ0n) is 16.6. The minimum absolute atomic E-state index is 0.145. The van der Waals surface area contributed by atoms with E-state index in [-0.39, 0.29) is 11.3 Å². The predicted octanol–water partition coefficient (Wildman–Crippen LogP) is 2.29. The Morgan fingerprint density at radius 1 is 1.28 bits per heavy atom. The second-order valence-corrected chi connectivity index (χ2v) is 7.87. The molecule has 0 aliphatic carbocycles. The van der Waals surface area contributed by atoms with Gasteiger partial charge in [0.25, 0.3) is 0 Å². The first kappa shape index (κ1) is 23.2. The van der Waals surface area contributed by atoms with Gasteiger partial charge in [0.1, 0.15) is 0 Å². The fourth-order valence-electron chi connectivity index (χ4n) is 3.93. The molecule has 0 aromatic heterocycles. The second-order valence-electron chi connectivity index (χ2n) is 7.87. The van der Waals surface area contributed by atoms with Crippen LogP contribution >= 0.6 is 0 Å². The molecule has 6 nitrogen and oxygen atoms in total. The fourth-order valence-corrected chi connectivity index (χ4v) is 3.93. The summed E-state index contributed by atoms with van der Waals surface area (Å²) in [6.45, 7) is 4.31. The van der Waals surface area contributed by atoms with Gasteiger partial charge in [-0.2, -0.15) is 13.2 Å². The second kappa shape index (κ2) is 9.58. The van der Waals surface area contributed by atoms with Crippen LogP contribution in [0.15, 0.2) is 30.3 Å². The van der Waals surface area contributed by atoms with Crippen LogP contribution in [0.25, 0.3) is 0 Å². The Morgan fingerprint density at radius 3 is 2.45 bits per heavy atom. The predicted molar refractivity (Wildman–Crippen MR) is 100 cm³/mol. The maximum Gasteiger partial charge on any atom is 0.490 e. The number of carboxylic acids is 1. The molecule has 9 heteroatoms. The van der Waals surface area contributed by atoms with Crippen LogP contribution in [-0.4, -0.2) is 79.9 Å². The van der Waals surface area contributed by atoms with Gasteiger partial charge < -0.3 is 19.6 Å². The highest BCUT2D eigenvalue weighted by atomic mass is 19.4. The van der Waals surface area contributed by atoms with Crippen molar-refractivity contribution in [1.82, 2.24) is 9.80 Å². The molecular formula is C20H27F3N2O4. The quantitative estimate of drug-likeness (QED) is 0.798. The number of halogens is 3. The number of nitrogens with zero attached hydrogens (tertiary/aromatic N) is 2. The first-order chi connectivity index (χ1) is 13.5. The average molecular weight is 416 g/mol. The van der Waals surface area contributed by atoms with Gasteiger partial charge in [0.2, 0.25) is 5.91 Å². The summed E-state index contributed by atoms with van der Waals surface area (Å²) in [7, 11) is 4.20. The summed E-state index contributed by atoms with van der Waals surface area (Å²) in [6.07, 6.45) is -3.65. The van der Waals surface area contributed by atoms with Gasteiger partial charge in [0.15, 0.2) is 0 Å². The number of fused-ring (bicyclic) bond motifs is 1. The topological polar surface area (TPSA) is 70.1 Å². The van der Waals surface area contributed by atoms with E-state index < -0.39 is 12.1 Å². The lowest BCUT2D eigenvalue weighted by Gasteiger charge is -2.30. The van der Waals surface area contributed by atoms with Crippen LogP contribution in [0.3, 0.4) is 0 Å². The van der Waals surface area contributed by atoms with E-state index in [0.717, 1.165) is 39.3 Å². The average Bonchev–Trinajstić information content (AvgIpc) is 3.16. The zero-order chi connectivity index (χ0) is 21.7. The first-order valence-corrected chi connectivity index (χ1v) is 9.38. The molecule has 1 N–H and O–H groups in total. The van der Waals surface area contributed by atoms with Crippen LogP contribution in [0, 0.1) is 11.3 Å². The number of ether oxygens (including phenoxy) is 1. The summed E-state index contributed by atoms with van der Waals surface area (Å²) < 4.78 is 37.4. The minimum Gasteiger partial charge on any atom is -0.475 e. The van der Waals surface area contributed by atoms with Crippen molar-refractivity contribution in [1.29, 1.82) is 0 Å². The molecule has 1 aromatic carbocycles. The van der Waals surface area contributed by atoms with Crippen LogP contribution in [-0.2, 0) is 20.7 Å².